The maximum absolute atomic E-state index is 5.35. The largest absolute Gasteiger partial charge is 0.379 e. The Hall–Kier alpha value is -0.360. The predicted molar refractivity (Wildman–Crippen MR) is 61.9 cm³/mol. The lowest BCUT2D eigenvalue weighted by molar-refractivity contribution is 0.104. The molecule has 1 aliphatic rings. The predicted octanol–water partition coefficient (Wildman–Crippen LogP) is 0.360. The van der Waals surface area contributed by atoms with Crippen molar-refractivity contribution in [1.82, 2.24) is 20.3 Å². The second-order valence-electron chi connectivity index (χ2n) is 3.36. The Labute approximate surface area is 101 Å². The maximum Gasteiger partial charge on any atom is 0.0897 e. The fourth-order valence-electron chi connectivity index (χ4n) is 1.73. The lowest BCUT2D eigenvalue weighted by Crippen LogP contribution is -2.19. The van der Waals surface area contributed by atoms with Gasteiger partial charge >= 0.3 is 0 Å². The summed E-state index contributed by atoms with van der Waals surface area (Å²) in [6.07, 6.45) is 2.18. The summed E-state index contributed by atoms with van der Waals surface area (Å²) in [5.74, 6) is 0.346. The Balaban J connectivity index is 0.000000980. The van der Waals surface area contributed by atoms with Crippen molar-refractivity contribution in [3.63, 3.8) is 0 Å². The second-order valence-corrected chi connectivity index (χ2v) is 3.36. The molecule has 0 aliphatic carbocycles. The summed E-state index contributed by atoms with van der Waals surface area (Å²) in [5.41, 5.74) is 1.01. The summed E-state index contributed by atoms with van der Waals surface area (Å²) in [6.45, 7) is 1.83. The molecule has 0 aromatic carbocycles. The second kappa shape index (κ2) is 6.27. The smallest absolute Gasteiger partial charge is 0.0897 e. The number of aryl methyl sites for hydroxylation is 1. The molecule has 5 nitrogen and oxygen atoms in total. The monoisotopic (exact) mass is 254 g/mol. The van der Waals surface area contributed by atoms with Gasteiger partial charge in [0, 0.05) is 39.4 Å². The van der Waals surface area contributed by atoms with Gasteiger partial charge in [0.15, 0.2) is 0 Å². The molecule has 0 saturated carbocycles. The van der Waals surface area contributed by atoms with Gasteiger partial charge in [-0.3, -0.25) is 4.68 Å². The van der Waals surface area contributed by atoms with E-state index in [0.29, 0.717) is 5.92 Å². The number of hydrogen-bond donors (Lipinski definition) is 1. The first-order valence-electron chi connectivity index (χ1n) is 4.41. The summed E-state index contributed by atoms with van der Waals surface area (Å²) in [4.78, 5) is 0. The third kappa shape index (κ3) is 3.04. The van der Waals surface area contributed by atoms with Crippen LogP contribution in [0.1, 0.15) is 11.6 Å². The van der Waals surface area contributed by atoms with E-state index in [1.54, 1.807) is 11.8 Å². The Morgan fingerprint density at radius 3 is 2.73 bits per heavy atom. The molecular weight excluding hydrogens is 239 g/mol. The number of halogens is 2. The van der Waals surface area contributed by atoms with Gasteiger partial charge in [-0.2, -0.15) is 0 Å². The van der Waals surface area contributed by atoms with Crippen molar-refractivity contribution < 1.29 is 4.74 Å². The number of nitrogens with one attached hydrogen (secondary N) is 1. The normalized spacial score (nSPS) is 24.4. The number of methoxy groups -OCH3 is 1. The summed E-state index contributed by atoms with van der Waals surface area (Å²) >= 11 is 0. The fourth-order valence-corrected chi connectivity index (χ4v) is 1.73. The molecule has 0 amide bonds. The molecule has 88 valence electrons. The highest BCUT2D eigenvalue weighted by atomic mass is 35.5. The highest BCUT2D eigenvalue weighted by Crippen LogP contribution is 2.22. The zero-order chi connectivity index (χ0) is 9.26. The first kappa shape index (κ1) is 14.6. The minimum absolute atomic E-state index is 0. The van der Waals surface area contributed by atoms with Crippen LogP contribution in [0.25, 0.3) is 0 Å². The summed E-state index contributed by atoms with van der Waals surface area (Å²) in [7, 11) is 3.61. The van der Waals surface area contributed by atoms with Crippen molar-refractivity contribution in [3.05, 3.63) is 11.9 Å². The van der Waals surface area contributed by atoms with Gasteiger partial charge in [0.1, 0.15) is 0 Å². The topological polar surface area (TPSA) is 52.0 Å². The van der Waals surface area contributed by atoms with Crippen LogP contribution in [-0.2, 0) is 11.8 Å². The zero-order valence-electron chi connectivity index (χ0n) is 8.71. The van der Waals surface area contributed by atoms with Crippen LogP contribution < -0.4 is 5.32 Å². The molecule has 1 aromatic heterocycles. The Morgan fingerprint density at radius 1 is 1.47 bits per heavy atom. The number of ether oxygens (including phenoxy) is 1. The molecule has 0 unspecified atom stereocenters. The minimum atomic E-state index is 0. The van der Waals surface area contributed by atoms with Gasteiger partial charge in [-0.1, -0.05) is 5.21 Å². The Morgan fingerprint density at radius 2 is 2.20 bits per heavy atom. The molecule has 15 heavy (non-hydrogen) atoms. The van der Waals surface area contributed by atoms with Crippen LogP contribution in [0.2, 0.25) is 0 Å². The molecule has 2 heterocycles. The molecule has 2 atom stereocenters. The molecule has 1 aromatic rings. The lowest BCUT2D eigenvalue weighted by Gasteiger charge is -2.13. The van der Waals surface area contributed by atoms with Crippen molar-refractivity contribution >= 4 is 24.8 Å². The van der Waals surface area contributed by atoms with Crippen LogP contribution >= 0.6 is 24.8 Å². The van der Waals surface area contributed by atoms with Gasteiger partial charge in [-0.05, 0) is 0 Å². The maximum atomic E-state index is 5.35. The number of rotatable bonds is 2. The third-order valence-corrected chi connectivity index (χ3v) is 2.46. The molecule has 1 saturated heterocycles. The van der Waals surface area contributed by atoms with Gasteiger partial charge < -0.3 is 10.1 Å². The van der Waals surface area contributed by atoms with Crippen molar-refractivity contribution in [2.45, 2.75) is 12.0 Å². The first-order valence-corrected chi connectivity index (χ1v) is 4.41. The van der Waals surface area contributed by atoms with E-state index in [-0.39, 0.29) is 30.9 Å². The lowest BCUT2D eigenvalue weighted by atomic mass is 10.0. The Bertz CT molecular complexity index is 294. The van der Waals surface area contributed by atoms with E-state index in [1.165, 1.54) is 0 Å². The van der Waals surface area contributed by atoms with Gasteiger partial charge in [0.25, 0.3) is 0 Å². The minimum Gasteiger partial charge on any atom is -0.379 e. The molecule has 1 fully saturated rings. The first-order chi connectivity index (χ1) is 6.31. The van der Waals surface area contributed by atoms with Crippen molar-refractivity contribution in [2.75, 3.05) is 20.2 Å². The van der Waals surface area contributed by atoms with E-state index in [1.807, 2.05) is 13.2 Å². The molecule has 1 N–H and O–H groups in total. The molecule has 0 radical (unpaired) electrons. The molecule has 2 rings (SSSR count). The quantitative estimate of drug-likeness (QED) is 0.829. The van der Waals surface area contributed by atoms with Crippen LogP contribution in [0.5, 0.6) is 0 Å². The fraction of sp³-hybridized carbons (Fsp3) is 0.750. The summed E-state index contributed by atoms with van der Waals surface area (Å²) in [5, 5.41) is 11.3. The van der Waals surface area contributed by atoms with Crippen molar-refractivity contribution in [1.29, 1.82) is 0 Å². The van der Waals surface area contributed by atoms with Crippen molar-refractivity contribution in [3.8, 4) is 0 Å². The summed E-state index contributed by atoms with van der Waals surface area (Å²) < 4.78 is 7.07. The highest BCUT2D eigenvalue weighted by Gasteiger charge is 2.30. The number of aromatic nitrogens is 3. The van der Waals surface area contributed by atoms with Gasteiger partial charge in [-0.15, -0.1) is 29.9 Å². The van der Waals surface area contributed by atoms with E-state index in [4.69, 9.17) is 4.74 Å². The average Bonchev–Trinajstić information content (AvgIpc) is 2.71. The molecule has 7 heteroatoms. The molecule has 0 spiro atoms. The van der Waals surface area contributed by atoms with Gasteiger partial charge in [0.2, 0.25) is 0 Å². The van der Waals surface area contributed by atoms with Crippen LogP contribution in [-0.4, -0.2) is 41.3 Å². The summed E-state index contributed by atoms with van der Waals surface area (Å²) in [6, 6.07) is 0. The SMILES string of the molecule is CO[C@@H]1CNC[C@H]1c1cn(C)nn1.Cl.Cl. The number of hydrogen-bond acceptors (Lipinski definition) is 4. The van der Waals surface area contributed by atoms with E-state index < -0.39 is 0 Å². The van der Waals surface area contributed by atoms with Gasteiger partial charge in [-0.25, -0.2) is 0 Å². The molecular formula is C8H16Cl2N4O. The zero-order valence-corrected chi connectivity index (χ0v) is 10.3. The van der Waals surface area contributed by atoms with E-state index >= 15 is 0 Å². The third-order valence-electron chi connectivity index (χ3n) is 2.46. The van der Waals surface area contributed by atoms with E-state index in [9.17, 15) is 0 Å². The van der Waals surface area contributed by atoms with Crippen LogP contribution in [0.15, 0.2) is 6.20 Å². The molecule has 1 aliphatic heterocycles. The Kier molecular flexibility index (Phi) is 6.12. The van der Waals surface area contributed by atoms with Crippen LogP contribution in [0.3, 0.4) is 0 Å². The van der Waals surface area contributed by atoms with Gasteiger partial charge in [0.05, 0.1) is 11.8 Å². The molecule has 0 bridgehead atoms. The number of nitrogens with zero attached hydrogens (tertiary/aromatic N) is 3. The standard InChI is InChI=1S/C8H14N4O.2ClH/c1-12-5-7(10-11-12)6-3-9-4-8(6)13-2;;/h5-6,8-9H,3-4H2,1-2H3;2*1H/t6-,8+;;/m0../s1. The van der Waals surface area contributed by atoms with Crippen molar-refractivity contribution in [2.24, 2.45) is 7.05 Å². The van der Waals surface area contributed by atoms with Crippen LogP contribution in [0.4, 0.5) is 0 Å². The average molecular weight is 255 g/mol. The van der Waals surface area contributed by atoms with E-state index in [0.717, 1.165) is 18.8 Å². The van der Waals surface area contributed by atoms with E-state index in [2.05, 4.69) is 15.6 Å². The highest BCUT2D eigenvalue weighted by molar-refractivity contribution is 5.85. The van der Waals surface area contributed by atoms with Crippen LogP contribution in [0, 0.1) is 0 Å².